The summed E-state index contributed by atoms with van der Waals surface area (Å²) in [5.41, 5.74) is 7.65. The lowest BCUT2D eigenvalue weighted by molar-refractivity contribution is 0.0778. The lowest BCUT2D eigenvalue weighted by atomic mass is 10.2. The number of nitrogens with zero attached hydrogens (tertiary/aromatic N) is 1. The van der Waals surface area contributed by atoms with Crippen molar-refractivity contribution < 1.29 is 9.53 Å². The molecule has 0 aliphatic rings. The number of nitrogen functional groups attached to an aromatic ring is 1. The maximum absolute atomic E-state index is 12.2. The quantitative estimate of drug-likeness (QED) is 0.923. The summed E-state index contributed by atoms with van der Waals surface area (Å²) < 4.78 is 5.63. The Balaban J connectivity index is 1.85. The second kappa shape index (κ2) is 6.63. The van der Waals surface area contributed by atoms with Gasteiger partial charge in [0.15, 0.2) is 0 Å². The Kier molecular flexibility index (Phi) is 4.85. The number of thiophene rings is 1. The minimum atomic E-state index is -0.0210. The maximum atomic E-state index is 12.2. The highest BCUT2D eigenvalue weighted by atomic mass is 32.1. The molecule has 0 saturated heterocycles. The summed E-state index contributed by atoms with van der Waals surface area (Å²) in [6.07, 6.45) is 0. The van der Waals surface area contributed by atoms with E-state index in [1.54, 1.807) is 18.0 Å². The molecule has 1 aromatic carbocycles. The van der Waals surface area contributed by atoms with Gasteiger partial charge in [0.25, 0.3) is 5.91 Å². The highest BCUT2D eigenvalue weighted by Gasteiger charge is 2.15. The van der Waals surface area contributed by atoms with Gasteiger partial charge in [-0.25, -0.2) is 0 Å². The van der Waals surface area contributed by atoms with Gasteiger partial charge in [-0.3, -0.25) is 4.79 Å². The van der Waals surface area contributed by atoms with Gasteiger partial charge in [-0.2, -0.15) is 0 Å². The molecule has 1 heterocycles. The van der Waals surface area contributed by atoms with E-state index in [2.05, 4.69) is 0 Å². The minimum absolute atomic E-state index is 0.0210. The molecule has 0 aliphatic heterocycles. The molecule has 21 heavy (non-hydrogen) atoms. The number of benzene rings is 1. The predicted octanol–water partition coefficient (Wildman–Crippen LogP) is 3.10. The van der Waals surface area contributed by atoms with Crippen LogP contribution in [0.4, 0.5) is 5.69 Å². The molecule has 0 unspecified atom stereocenters. The Hall–Kier alpha value is -2.01. The maximum Gasteiger partial charge on any atom is 0.263 e. The summed E-state index contributed by atoms with van der Waals surface area (Å²) in [6, 6.07) is 9.60. The fourth-order valence-electron chi connectivity index (χ4n) is 1.83. The predicted molar refractivity (Wildman–Crippen MR) is 87.1 cm³/mol. The molecule has 2 aromatic rings. The van der Waals surface area contributed by atoms with E-state index in [0.717, 1.165) is 10.6 Å². The molecule has 4 nitrogen and oxygen atoms in total. The van der Waals surface area contributed by atoms with Crippen LogP contribution < -0.4 is 10.5 Å². The molecule has 112 valence electrons. The molecule has 2 rings (SSSR count). The number of likely N-dealkylation sites (N-methyl/N-ethyl adjacent to an activating group) is 1. The van der Waals surface area contributed by atoms with Gasteiger partial charge in [-0.05, 0) is 32.0 Å². The lowest BCUT2D eigenvalue weighted by Gasteiger charge is -2.16. The van der Waals surface area contributed by atoms with Crippen molar-refractivity contribution in [2.75, 3.05) is 25.9 Å². The van der Waals surface area contributed by atoms with Crippen molar-refractivity contribution >= 4 is 22.9 Å². The molecule has 0 bridgehead atoms. The molecule has 0 spiro atoms. The zero-order valence-electron chi connectivity index (χ0n) is 12.6. The van der Waals surface area contributed by atoms with E-state index in [4.69, 9.17) is 10.5 Å². The van der Waals surface area contributed by atoms with Gasteiger partial charge in [-0.1, -0.05) is 17.7 Å². The number of anilines is 1. The van der Waals surface area contributed by atoms with Crippen LogP contribution in [0.1, 0.15) is 20.1 Å². The molecule has 5 heteroatoms. The van der Waals surface area contributed by atoms with E-state index in [0.29, 0.717) is 23.7 Å². The highest BCUT2D eigenvalue weighted by Crippen LogP contribution is 2.24. The van der Waals surface area contributed by atoms with Crippen molar-refractivity contribution in [1.82, 2.24) is 4.90 Å². The first kappa shape index (κ1) is 15.4. The fourth-order valence-corrected chi connectivity index (χ4v) is 2.76. The van der Waals surface area contributed by atoms with Crippen LogP contribution in [0, 0.1) is 13.8 Å². The average Bonchev–Trinajstić information content (AvgIpc) is 2.80. The first-order chi connectivity index (χ1) is 9.97. The molecular formula is C16H20N2O2S. The Morgan fingerprint density at radius 3 is 2.52 bits per heavy atom. The summed E-state index contributed by atoms with van der Waals surface area (Å²) in [6.45, 7) is 4.94. The largest absolute Gasteiger partial charge is 0.492 e. The third-order valence-electron chi connectivity index (χ3n) is 3.23. The number of carbonyl (C=O) groups is 1. The van der Waals surface area contributed by atoms with Gasteiger partial charge >= 0.3 is 0 Å². The smallest absolute Gasteiger partial charge is 0.263 e. The standard InChI is InChI=1S/C16H20N2O2S/c1-11-4-6-13(7-5-11)20-9-8-18(3)16(19)15-10-14(17)12(2)21-15/h4-7,10H,8-9,17H2,1-3H3. The molecule has 2 N–H and O–H groups in total. The third kappa shape index (κ3) is 3.98. The molecule has 0 atom stereocenters. The summed E-state index contributed by atoms with van der Waals surface area (Å²) in [4.78, 5) is 15.5. The van der Waals surface area contributed by atoms with Gasteiger partial charge in [0.05, 0.1) is 11.4 Å². The van der Waals surface area contributed by atoms with Gasteiger partial charge in [0.1, 0.15) is 12.4 Å². The van der Waals surface area contributed by atoms with Crippen LogP contribution in [0.2, 0.25) is 0 Å². The van der Waals surface area contributed by atoms with E-state index < -0.39 is 0 Å². The van der Waals surface area contributed by atoms with E-state index in [9.17, 15) is 4.79 Å². The average molecular weight is 304 g/mol. The van der Waals surface area contributed by atoms with E-state index >= 15 is 0 Å². The number of amides is 1. The summed E-state index contributed by atoms with van der Waals surface area (Å²) >= 11 is 1.43. The molecule has 1 amide bonds. The van der Waals surface area contributed by atoms with Crippen molar-refractivity contribution in [3.63, 3.8) is 0 Å². The molecule has 0 fully saturated rings. The third-order valence-corrected chi connectivity index (χ3v) is 4.28. The first-order valence-corrected chi connectivity index (χ1v) is 7.60. The minimum Gasteiger partial charge on any atom is -0.492 e. The van der Waals surface area contributed by atoms with Crippen LogP contribution in [0.25, 0.3) is 0 Å². The second-order valence-electron chi connectivity index (χ2n) is 5.01. The summed E-state index contributed by atoms with van der Waals surface area (Å²) in [5, 5.41) is 0. The number of ether oxygens (including phenoxy) is 1. The molecule has 0 radical (unpaired) electrons. The van der Waals surface area contributed by atoms with Crippen LogP contribution in [0.3, 0.4) is 0 Å². The van der Waals surface area contributed by atoms with E-state index in [1.165, 1.54) is 16.9 Å². The van der Waals surface area contributed by atoms with Gasteiger partial charge < -0.3 is 15.4 Å². The van der Waals surface area contributed by atoms with Crippen molar-refractivity contribution in [2.24, 2.45) is 0 Å². The van der Waals surface area contributed by atoms with Crippen LogP contribution in [0.15, 0.2) is 30.3 Å². The van der Waals surface area contributed by atoms with E-state index in [1.807, 2.05) is 38.1 Å². The molecule has 1 aromatic heterocycles. The molecular weight excluding hydrogens is 284 g/mol. The Bertz CT molecular complexity index is 600. The SMILES string of the molecule is Cc1ccc(OCCN(C)C(=O)c2cc(N)c(C)s2)cc1. The van der Waals surface area contributed by atoms with Crippen LogP contribution in [0.5, 0.6) is 5.75 Å². The number of rotatable bonds is 5. The monoisotopic (exact) mass is 304 g/mol. The Labute approximate surface area is 129 Å². The fraction of sp³-hybridized carbons (Fsp3) is 0.312. The van der Waals surface area contributed by atoms with Crippen molar-refractivity contribution in [1.29, 1.82) is 0 Å². The highest BCUT2D eigenvalue weighted by molar-refractivity contribution is 7.14. The number of aryl methyl sites for hydroxylation is 2. The van der Waals surface area contributed by atoms with Crippen molar-refractivity contribution in [2.45, 2.75) is 13.8 Å². The van der Waals surface area contributed by atoms with Crippen LogP contribution >= 0.6 is 11.3 Å². The second-order valence-corrected chi connectivity index (χ2v) is 6.27. The van der Waals surface area contributed by atoms with E-state index in [-0.39, 0.29) is 5.91 Å². The summed E-state index contributed by atoms with van der Waals surface area (Å²) in [5.74, 6) is 0.796. The van der Waals surface area contributed by atoms with Crippen molar-refractivity contribution in [3.05, 3.63) is 45.6 Å². The first-order valence-electron chi connectivity index (χ1n) is 6.78. The van der Waals surface area contributed by atoms with Crippen LogP contribution in [-0.4, -0.2) is 31.0 Å². The van der Waals surface area contributed by atoms with Crippen molar-refractivity contribution in [3.8, 4) is 5.75 Å². The van der Waals surface area contributed by atoms with Crippen LogP contribution in [-0.2, 0) is 0 Å². The zero-order valence-corrected chi connectivity index (χ0v) is 13.4. The molecule has 0 aliphatic carbocycles. The number of hydrogen-bond donors (Lipinski definition) is 1. The number of nitrogens with two attached hydrogens (primary N) is 1. The van der Waals surface area contributed by atoms with Gasteiger partial charge in [0.2, 0.25) is 0 Å². The Morgan fingerprint density at radius 1 is 1.29 bits per heavy atom. The number of carbonyl (C=O) groups excluding carboxylic acids is 1. The zero-order chi connectivity index (χ0) is 15.4. The topological polar surface area (TPSA) is 55.6 Å². The summed E-state index contributed by atoms with van der Waals surface area (Å²) in [7, 11) is 1.77. The molecule has 0 saturated carbocycles. The number of hydrogen-bond acceptors (Lipinski definition) is 4. The van der Waals surface area contributed by atoms with Gasteiger partial charge in [-0.15, -0.1) is 11.3 Å². The van der Waals surface area contributed by atoms with Gasteiger partial charge in [0, 0.05) is 17.6 Å². The lowest BCUT2D eigenvalue weighted by Crippen LogP contribution is -2.30. The Morgan fingerprint density at radius 2 is 1.95 bits per heavy atom. The normalized spacial score (nSPS) is 10.4.